The van der Waals surface area contributed by atoms with Gasteiger partial charge in [-0.05, 0) is 36.8 Å². The number of nitrogens with zero attached hydrogens (tertiary/aromatic N) is 1. The van der Waals surface area contributed by atoms with Gasteiger partial charge in [0.05, 0.1) is 13.3 Å². The van der Waals surface area contributed by atoms with E-state index in [9.17, 15) is 0 Å². The molecule has 1 heterocycles. The van der Waals surface area contributed by atoms with Crippen molar-refractivity contribution in [1.29, 1.82) is 0 Å². The van der Waals surface area contributed by atoms with E-state index in [1.165, 1.54) is 0 Å². The average molecular weight is 263 g/mol. The third-order valence-corrected chi connectivity index (χ3v) is 2.96. The first-order valence-corrected chi connectivity index (χ1v) is 6.09. The molecule has 0 amide bonds. The second-order valence-corrected chi connectivity index (χ2v) is 4.44. The zero-order valence-corrected chi connectivity index (χ0v) is 11.1. The third kappa shape index (κ3) is 3.14. The number of aromatic nitrogens is 1. The minimum absolute atomic E-state index is 0.170. The summed E-state index contributed by atoms with van der Waals surface area (Å²) in [6.45, 7) is 2.08. The smallest absolute Gasteiger partial charge is 0.137 e. The van der Waals surface area contributed by atoms with E-state index in [0.717, 1.165) is 22.2 Å². The molecule has 0 radical (unpaired) electrons. The molecule has 3 nitrogen and oxygen atoms in total. The molecule has 4 heteroatoms. The Labute approximate surface area is 112 Å². The predicted molar refractivity (Wildman–Crippen MR) is 74.3 cm³/mol. The molecular weight excluding hydrogens is 248 g/mol. The molecule has 1 aromatic carbocycles. The molecule has 2 aromatic rings. The van der Waals surface area contributed by atoms with Crippen LogP contribution in [0.25, 0.3) is 0 Å². The predicted octanol–water partition coefficient (Wildman–Crippen LogP) is 3.92. The van der Waals surface area contributed by atoms with E-state index in [1.807, 2.05) is 36.4 Å². The summed E-state index contributed by atoms with van der Waals surface area (Å²) in [5, 5.41) is 4.06. The fraction of sp³-hybridized carbons (Fsp3) is 0.214. The van der Waals surface area contributed by atoms with E-state index < -0.39 is 0 Å². The van der Waals surface area contributed by atoms with Crippen molar-refractivity contribution in [2.75, 3.05) is 12.4 Å². The molecule has 1 N–H and O–H groups in total. The van der Waals surface area contributed by atoms with Crippen LogP contribution in [0.15, 0.2) is 42.6 Å². The Bertz CT molecular complexity index is 496. The van der Waals surface area contributed by atoms with Crippen molar-refractivity contribution in [2.45, 2.75) is 13.0 Å². The molecule has 1 aromatic heterocycles. The Kier molecular flexibility index (Phi) is 4.05. The molecular formula is C14H15ClN2O. The summed E-state index contributed by atoms with van der Waals surface area (Å²) in [6.07, 6.45) is 1.69. The molecule has 18 heavy (non-hydrogen) atoms. The van der Waals surface area contributed by atoms with Crippen LogP contribution >= 0.6 is 11.6 Å². The summed E-state index contributed by atoms with van der Waals surface area (Å²) in [6, 6.07) is 11.7. The molecule has 1 unspecified atom stereocenters. The van der Waals surface area contributed by atoms with Gasteiger partial charge in [0.25, 0.3) is 0 Å². The second-order valence-electron chi connectivity index (χ2n) is 4.00. The van der Waals surface area contributed by atoms with Crippen LogP contribution in [0.2, 0.25) is 5.02 Å². The van der Waals surface area contributed by atoms with E-state index in [0.29, 0.717) is 0 Å². The standard InChI is InChI=1S/C14H15ClN2O/c1-10(11-3-5-12(15)6-4-11)17-14-8-7-13(18-2)9-16-14/h3-10H,1-2H3,(H,16,17). The van der Waals surface area contributed by atoms with Crippen molar-refractivity contribution < 1.29 is 4.74 Å². The van der Waals surface area contributed by atoms with Gasteiger partial charge in [-0.1, -0.05) is 23.7 Å². The topological polar surface area (TPSA) is 34.1 Å². The molecule has 2 rings (SSSR count). The van der Waals surface area contributed by atoms with Crippen LogP contribution in [0.5, 0.6) is 5.75 Å². The van der Waals surface area contributed by atoms with E-state index in [1.54, 1.807) is 13.3 Å². The fourth-order valence-electron chi connectivity index (χ4n) is 1.64. The van der Waals surface area contributed by atoms with Crippen molar-refractivity contribution in [3.8, 4) is 5.75 Å². The molecule has 1 atom stereocenters. The highest BCUT2D eigenvalue weighted by molar-refractivity contribution is 6.30. The number of anilines is 1. The highest BCUT2D eigenvalue weighted by Crippen LogP contribution is 2.20. The van der Waals surface area contributed by atoms with Gasteiger partial charge in [-0.15, -0.1) is 0 Å². The van der Waals surface area contributed by atoms with Crippen LogP contribution in [-0.2, 0) is 0 Å². The Morgan fingerprint density at radius 1 is 1.17 bits per heavy atom. The van der Waals surface area contributed by atoms with Crippen LogP contribution in [0, 0.1) is 0 Å². The molecule has 0 saturated carbocycles. The number of ether oxygens (including phenoxy) is 1. The van der Waals surface area contributed by atoms with Crippen molar-refractivity contribution >= 4 is 17.4 Å². The lowest BCUT2D eigenvalue weighted by atomic mass is 10.1. The Balaban J connectivity index is 2.05. The van der Waals surface area contributed by atoms with Crippen molar-refractivity contribution in [2.24, 2.45) is 0 Å². The van der Waals surface area contributed by atoms with Gasteiger partial charge in [0, 0.05) is 11.1 Å². The summed E-state index contributed by atoms with van der Waals surface area (Å²) in [7, 11) is 1.63. The third-order valence-electron chi connectivity index (χ3n) is 2.71. The highest BCUT2D eigenvalue weighted by Gasteiger charge is 2.05. The number of rotatable bonds is 4. The maximum atomic E-state index is 5.86. The van der Waals surface area contributed by atoms with E-state index in [-0.39, 0.29) is 6.04 Å². The fourth-order valence-corrected chi connectivity index (χ4v) is 1.77. The van der Waals surface area contributed by atoms with Crippen LogP contribution in [0.4, 0.5) is 5.82 Å². The number of hydrogen-bond donors (Lipinski definition) is 1. The lowest BCUT2D eigenvalue weighted by Crippen LogP contribution is -2.07. The zero-order valence-electron chi connectivity index (χ0n) is 10.4. The van der Waals surface area contributed by atoms with Gasteiger partial charge in [-0.25, -0.2) is 4.98 Å². The monoisotopic (exact) mass is 262 g/mol. The summed E-state index contributed by atoms with van der Waals surface area (Å²) in [5.74, 6) is 1.57. The molecule has 0 aliphatic heterocycles. The van der Waals surface area contributed by atoms with E-state index >= 15 is 0 Å². The van der Waals surface area contributed by atoms with Crippen molar-refractivity contribution in [1.82, 2.24) is 4.98 Å². The van der Waals surface area contributed by atoms with Crippen LogP contribution in [0.1, 0.15) is 18.5 Å². The lowest BCUT2D eigenvalue weighted by Gasteiger charge is -2.15. The minimum atomic E-state index is 0.170. The maximum absolute atomic E-state index is 5.86. The first-order valence-electron chi connectivity index (χ1n) is 5.71. The number of benzene rings is 1. The normalized spacial score (nSPS) is 11.9. The van der Waals surface area contributed by atoms with Gasteiger partial charge in [-0.3, -0.25) is 0 Å². The molecule has 0 bridgehead atoms. The molecule has 0 aliphatic carbocycles. The highest BCUT2D eigenvalue weighted by atomic mass is 35.5. The van der Waals surface area contributed by atoms with Crippen molar-refractivity contribution in [3.05, 3.63) is 53.2 Å². The SMILES string of the molecule is COc1ccc(NC(C)c2ccc(Cl)cc2)nc1. The Hall–Kier alpha value is -1.74. The molecule has 0 saturated heterocycles. The number of nitrogens with one attached hydrogen (secondary N) is 1. The zero-order chi connectivity index (χ0) is 13.0. The summed E-state index contributed by atoms with van der Waals surface area (Å²) < 4.78 is 5.07. The molecule has 0 fully saturated rings. The number of pyridine rings is 1. The van der Waals surface area contributed by atoms with E-state index in [2.05, 4.69) is 17.2 Å². The van der Waals surface area contributed by atoms with Gasteiger partial charge >= 0.3 is 0 Å². The first-order chi connectivity index (χ1) is 8.69. The Morgan fingerprint density at radius 3 is 2.44 bits per heavy atom. The summed E-state index contributed by atoms with van der Waals surface area (Å²) in [4.78, 5) is 4.27. The molecule has 0 spiro atoms. The van der Waals surface area contributed by atoms with Crippen molar-refractivity contribution in [3.63, 3.8) is 0 Å². The number of halogens is 1. The quantitative estimate of drug-likeness (QED) is 0.907. The van der Waals surface area contributed by atoms with Gasteiger partial charge in [0.2, 0.25) is 0 Å². The largest absolute Gasteiger partial charge is 0.495 e. The van der Waals surface area contributed by atoms with Crippen LogP contribution in [0.3, 0.4) is 0 Å². The lowest BCUT2D eigenvalue weighted by molar-refractivity contribution is 0.413. The first kappa shape index (κ1) is 12.7. The van der Waals surface area contributed by atoms with Crippen LogP contribution in [-0.4, -0.2) is 12.1 Å². The van der Waals surface area contributed by atoms with Gasteiger partial charge in [-0.2, -0.15) is 0 Å². The Morgan fingerprint density at radius 2 is 1.89 bits per heavy atom. The number of methoxy groups -OCH3 is 1. The van der Waals surface area contributed by atoms with Gasteiger partial charge < -0.3 is 10.1 Å². The molecule has 94 valence electrons. The maximum Gasteiger partial charge on any atom is 0.137 e. The second kappa shape index (κ2) is 5.74. The average Bonchev–Trinajstić information content (AvgIpc) is 2.40. The van der Waals surface area contributed by atoms with Gasteiger partial charge in [0.15, 0.2) is 0 Å². The van der Waals surface area contributed by atoms with Crippen LogP contribution < -0.4 is 10.1 Å². The summed E-state index contributed by atoms with van der Waals surface area (Å²) in [5.41, 5.74) is 1.16. The minimum Gasteiger partial charge on any atom is -0.495 e. The summed E-state index contributed by atoms with van der Waals surface area (Å²) >= 11 is 5.86. The number of hydrogen-bond acceptors (Lipinski definition) is 3. The van der Waals surface area contributed by atoms with Gasteiger partial charge in [0.1, 0.15) is 11.6 Å². The van der Waals surface area contributed by atoms with E-state index in [4.69, 9.17) is 16.3 Å². The molecule has 0 aliphatic rings.